The van der Waals surface area contributed by atoms with E-state index in [2.05, 4.69) is 9.47 Å². The summed E-state index contributed by atoms with van der Waals surface area (Å²) in [4.78, 5) is 51.2. The van der Waals surface area contributed by atoms with Crippen LogP contribution in [0.5, 0.6) is 5.75 Å². The number of piperidine rings is 1. The van der Waals surface area contributed by atoms with Crippen LogP contribution in [0.25, 0.3) is 0 Å². The van der Waals surface area contributed by atoms with Gasteiger partial charge in [0, 0.05) is 19.0 Å². The van der Waals surface area contributed by atoms with Crippen molar-refractivity contribution in [1.29, 1.82) is 0 Å². The highest BCUT2D eigenvalue weighted by Crippen LogP contribution is 2.20. The molecule has 30 heavy (non-hydrogen) atoms. The van der Waals surface area contributed by atoms with Crippen LogP contribution in [-0.4, -0.2) is 80.6 Å². The molecule has 2 amide bonds. The molecule has 1 aliphatic heterocycles. The standard InChI is InChI=1S/C21H28N2O7/c1-28-19(25)14-23(15-20(26)29-2)21(27)16-8-11-22(12-9-16)18(24)10-13-30-17-6-4-3-5-7-17/h3-7,16H,8-15H2,1-2H3. The summed E-state index contributed by atoms with van der Waals surface area (Å²) in [7, 11) is 2.43. The molecule has 1 aromatic rings. The van der Waals surface area contributed by atoms with Gasteiger partial charge in [0.2, 0.25) is 11.8 Å². The third kappa shape index (κ3) is 7.06. The van der Waals surface area contributed by atoms with E-state index >= 15 is 0 Å². The van der Waals surface area contributed by atoms with Gasteiger partial charge in [0.25, 0.3) is 0 Å². The van der Waals surface area contributed by atoms with Crippen LogP contribution in [0.1, 0.15) is 19.3 Å². The van der Waals surface area contributed by atoms with E-state index < -0.39 is 11.9 Å². The Morgan fingerprint density at radius 2 is 1.53 bits per heavy atom. The summed E-state index contributed by atoms with van der Waals surface area (Å²) < 4.78 is 14.8. The van der Waals surface area contributed by atoms with E-state index in [0.717, 1.165) is 4.90 Å². The number of hydrogen-bond donors (Lipinski definition) is 0. The number of ether oxygens (including phenoxy) is 3. The van der Waals surface area contributed by atoms with Gasteiger partial charge in [-0.3, -0.25) is 19.2 Å². The largest absolute Gasteiger partial charge is 0.493 e. The van der Waals surface area contributed by atoms with Gasteiger partial charge >= 0.3 is 11.9 Å². The SMILES string of the molecule is COC(=O)CN(CC(=O)OC)C(=O)C1CCN(C(=O)CCOc2ccccc2)CC1. The highest BCUT2D eigenvalue weighted by atomic mass is 16.5. The topological polar surface area (TPSA) is 102 Å². The van der Waals surface area contributed by atoms with Crippen molar-refractivity contribution in [2.24, 2.45) is 5.92 Å². The van der Waals surface area contributed by atoms with E-state index in [1.165, 1.54) is 14.2 Å². The van der Waals surface area contributed by atoms with Crippen LogP contribution < -0.4 is 4.74 Å². The molecule has 164 valence electrons. The average Bonchev–Trinajstić information content (AvgIpc) is 2.78. The lowest BCUT2D eigenvalue weighted by atomic mass is 9.95. The fourth-order valence-corrected chi connectivity index (χ4v) is 3.22. The van der Waals surface area contributed by atoms with E-state index in [1.807, 2.05) is 30.3 Å². The normalized spacial score (nSPS) is 14.0. The maximum atomic E-state index is 12.8. The van der Waals surface area contributed by atoms with Crippen molar-refractivity contribution >= 4 is 23.8 Å². The van der Waals surface area contributed by atoms with Gasteiger partial charge in [0.1, 0.15) is 18.8 Å². The summed E-state index contributed by atoms with van der Waals surface area (Å²) in [6.45, 7) is 0.518. The molecule has 0 radical (unpaired) electrons. The number of nitrogens with zero attached hydrogens (tertiary/aromatic N) is 2. The monoisotopic (exact) mass is 420 g/mol. The van der Waals surface area contributed by atoms with Crippen molar-refractivity contribution in [3.63, 3.8) is 0 Å². The minimum atomic E-state index is -0.613. The summed E-state index contributed by atoms with van der Waals surface area (Å²) in [6.07, 6.45) is 1.18. The van der Waals surface area contributed by atoms with E-state index in [1.54, 1.807) is 4.90 Å². The Bertz CT molecular complexity index is 712. The first kappa shape index (κ1) is 23.2. The van der Waals surface area contributed by atoms with Crippen molar-refractivity contribution in [3.05, 3.63) is 30.3 Å². The first-order valence-electron chi connectivity index (χ1n) is 9.82. The molecular weight excluding hydrogens is 392 g/mol. The van der Waals surface area contributed by atoms with E-state index in [4.69, 9.17) is 4.74 Å². The molecule has 0 saturated carbocycles. The molecule has 2 rings (SSSR count). The number of rotatable bonds is 9. The molecule has 0 spiro atoms. The van der Waals surface area contributed by atoms with Gasteiger partial charge in [-0.2, -0.15) is 0 Å². The Kier molecular flexibility index (Phi) is 9.11. The maximum Gasteiger partial charge on any atom is 0.325 e. The van der Waals surface area contributed by atoms with Crippen molar-refractivity contribution in [1.82, 2.24) is 9.80 Å². The molecule has 1 aliphatic rings. The van der Waals surface area contributed by atoms with Gasteiger partial charge in [-0.1, -0.05) is 18.2 Å². The van der Waals surface area contributed by atoms with Gasteiger partial charge < -0.3 is 24.0 Å². The third-order valence-electron chi connectivity index (χ3n) is 4.93. The molecule has 0 aliphatic carbocycles. The molecule has 0 unspecified atom stereocenters. The van der Waals surface area contributed by atoms with E-state index in [0.29, 0.717) is 31.7 Å². The number of amides is 2. The van der Waals surface area contributed by atoms with Crippen molar-refractivity contribution in [2.45, 2.75) is 19.3 Å². The highest BCUT2D eigenvalue weighted by Gasteiger charge is 2.32. The van der Waals surface area contributed by atoms with E-state index in [-0.39, 0.29) is 43.8 Å². The molecule has 0 aromatic heterocycles. The fourth-order valence-electron chi connectivity index (χ4n) is 3.22. The van der Waals surface area contributed by atoms with Gasteiger partial charge in [0.05, 0.1) is 27.2 Å². The summed E-state index contributed by atoms with van der Waals surface area (Å²) in [5.41, 5.74) is 0. The predicted molar refractivity (Wildman–Crippen MR) is 106 cm³/mol. The van der Waals surface area contributed by atoms with Gasteiger partial charge in [-0.25, -0.2) is 0 Å². The lowest BCUT2D eigenvalue weighted by Crippen LogP contribution is -2.47. The second-order valence-corrected chi connectivity index (χ2v) is 6.91. The zero-order chi connectivity index (χ0) is 21.9. The smallest absolute Gasteiger partial charge is 0.325 e. The van der Waals surface area contributed by atoms with Crippen LogP contribution in [0.4, 0.5) is 0 Å². The molecule has 0 atom stereocenters. The maximum absolute atomic E-state index is 12.8. The zero-order valence-electron chi connectivity index (χ0n) is 17.4. The minimum Gasteiger partial charge on any atom is -0.493 e. The molecule has 9 nitrogen and oxygen atoms in total. The van der Waals surface area contributed by atoms with Crippen LogP contribution >= 0.6 is 0 Å². The Morgan fingerprint density at radius 3 is 2.07 bits per heavy atom. The minimum absolute atomic E-state index is 0.0298. The van der Waals surface area contributed by atoms with E-state index in [9.17, 15) is 19.2 Å². The Labute approximate surface area is 175 Å². The van der Waals surface area contributed by atoms with Crippen LogP contribution in [0, 0.1) is 5.92 Å². The van der Waals surface area contributed by atoms with Gasteiger partial charge in [-0.05, 0) is 25.0 Å². The highest BCUT2D eigenvalue weighted by molar-refractivity contribution is 5.87. The summed E-state index contributed by atoms with van der Waals surface area (Å²) in [5, 5.41) is 0. The predicted octanol–water partition coefficient (Wildman–Crippen LogP) is 0.869. The van der Waals surface area contributed by atoms with Crippen LogP contribution in [-0.2, 0) is 28.7 Å². The number of methoxy groups -OCH3 is 2. The molecule has 9 heteroatoms. The zero-order valence-corrected chi connectivity index (χ0v) is 17.4. The first-order valence-corrected chi connectivity index (χ1v) is 9.82. The Hall–Kier alpha value is -3.10. The summed E-state index contributed by atoms with van der Waals surface area (Å²) in [5.74, 6) is -1.23. The lowest BCUT2D eigenvalue weighted by Gasteiger charge is -2.33. The summed E-state index contributed by atoms with van der Waals surface area (Å²) >= 11 is 0. The molecule has 1 saturated heterocycles. The number of benzene rings is 1. The second kappa shape index (κ2) is 11.8. The fraction of sp³-hybridized carbons (Fsp3) is 0.524. The van der Waals surface area contributed by atoms with Crippen molar-refractivity contribution < 1.29 is 33.4 Å². The first-order chi connectivity index (χ1) is 14.4. The van der Waals surface area contributed by atoms with Crippen LogP contribution in [0.3, 0.4) is 0 Å². The Morgan fingerprint density at radius 1 is 0.967 bits per heavy atom. The van der Waals surface area contributed by atoms with Gasteiger partial charge in [0.15, 0.2) is 0 Å². The van der Waals surface area contributed by atoms with Crippen molar-refractivity contribution in [3.8, 4) is 5.75 Å². The second-order valence-electron chi connectivity index (χ2n) is 6.91. The average molecular weight is 420 g/mol. The molecular formula is C21H28N2O7. The molecule has 0 N–H and O–H groups in total. The number of esters is 2. The quantitative estimate of drug-likeness (QED) is 0.546. The number of likely N-dealkylation sites (tertiary alicyclic amines) is 1. The third-order valence-corrected chi connectivity index (χ3v) is 4.93. The lowest BCUT2D eigenvalue weighted by molar-refractivity contribution is -0.154. The number of hydrogen-bond acceptors (Lipinski definition) is 7. The van der Waals surface area contributed by atoms with Crippen LogP contribution in [0.15, 0.2) is 30.3 Å². The molecule has 1 heterocycles. The Balaban J connectivity index is 1.81. The molecule has 0 bridgehead atoms. The number of para-hydroxylation sites is 1. The van der Waals surface area contributed by atoms with Gasteiger partial charge in [-0.15, -0.1) is 0 Å². The van der Waals surface area contributed by atoms with Crippen LogP contribution in [0.2, 0.25) is 0 Å². The molecule has 1 aromatic carbocycles. The van der Waals surface area contributed by atoms with Crippen molar-refractivity contribution in [2.75, 3.05) is 47.0 Å². The molecule has 1 fully saturated rings. The number of carbonyl (C=O) groups excluding carboxylic acids is 4. The number of carbonyl (C=O) groups is 4. The summed E-state index contributed by atoms with van der Waals surface area (Å²) in [6, 6.07) is 9.28.